The topological polar surface area (TPSA) is 37.3 Å². The average molecular weight is 234 g/mol. The molecule has 2 nitrogen and oxygen atoms in total. The van der Waals surface area contributed by atoms with Crippen molar-refractivity contribution in [2.45, 2.75) is 46.5 Å². The van der Waals surface area contributed by atoms with Crippen molar-refractivity contribution >= 4 is 5.97 Å². The average Bonchev–Trinajstić information content (AvgIpc) is 2.16. The van der Waals surface area contributed by atoms with Gasteiger partial charge < -0.3 is 5.11 Å². The van der Waals surface area contributed by atoms with Crippen LogP contribution < -0.4 is 0 Å². The third kappa shape index (κ3) is 3.58. The van der Waals surface area contributed by atoms with E-state index < -0.39 is 11.4 Å². The van der Waals surface area contributed by atoms with E-state index in [-0.39, 0.29) is 5.41 Å². The summed E-state index contributed by atoms with van der Waals surface area (Å²) in [6.45, 7) is 10.0. The molecule has 0 atom stereocenters. The Kier molecular flexibility index (Phi) is 3.65. The molecule has 0 radical (unpaired) electrons. The van der Waals surface area contributed by atoms with Gasteiger partial charge in [0.1, 0.15) is 0 Å². The molecular weight excluding hydrogens is 212 g/mol. The molecule has 0 saturated heterocycles. The summed E-state index contributed by atoms with van der Waals surface area (Å²) in [5.41, 5.74) is 1.78. The van der Waals surface area contributed by atoms with Crippen LogP contribution in [0.2, 0.25) is 0 Å². The maximum absolute atomic E-state index is 11.1. The van der Waals surface area contributed by atoms with Crippen molar-refractivity contribution in [1.29, 1.82) is 0 Å². The molecule has 17 heavy (non-hydrogen) atoms. The Bertz CT molecular complexity index is 394. The Balaban J connectivity index is 2.86. The fraction of sp³-hybridized carbons (Fsp3) is 0.533. The molecule has 0 aliphatic rings. The van der Waals surface area contributed by atoms with Crippen LogP contribution in [0.25, 0.3) is 0 Å². The molecule has 0 bridgehead atoms. The van der Waals surface area contributed by atoms with Crippen LogP contribution in [-0.4, -0.2) is 11.1 Å². The maximum atomic E-state index is 11.1. The summed E-state index contributed by atoms with van der Waals surface area (Å²) in [4.78, 5) is 11.1. The second-order valence-electron chi connectivity index (χ2n) is 6.31. The van der Waals surface area contributed by atoms with Crippen molar-refractivity contribution in [1.82, 2.24) is 0 Å². The van der Waals surface area contributed by atoms with Gasteiger partial charge in [0.2, 0.25) is 0 Å². The first-order valence-corrected chi connectivity index (χ1v) is 5.96. The summed E-state index contributed by atoms with van der Waals surface area (Å²) in [7, 11) is 0. The van der Waals surface area contributed by atoms with E-state index in [0.29, 0.717) is 6.42 Å². The highest BCUT2D eigenvalue weighted by Crippen LogP contribution is 2.25. The fourth-order valence-electron chi connectivity index (χ4n) is 1.71. The molecular formula is C15H22O2. The molecule has 94 valence electrons. The quantitative estimate of drug-likeness (QED) is 0.867. The molecule has 2 heteroatoms. The predicted octanol–water partition coefficient (Wildman–Crippen LogP) is 3.64. The van der Waals surface area contributed by atoms with E-state index in [0.717, 1.165) is 5.56 Å². The van der Waals surface area contributed by atoms with Gasteiger partial charge in [-0.15, -0.1) is 0 Å². The molecule has 0 saturated carbocycles. The van der Waals surface area contributed by atoms with Crippen LogP contribution in [0.15, 0.2) is 24.3 Å². The van der Waals surface area contributed by atoms with E-state index in [2.05, 4.69) is 32.9 Å². The first-order chi connectivity index (χ1) is 7.63. The van der Waals surface area contributed by atoms with E-state index in [1.54, 1.807) is 13.8 Å². The molecule has 0 heterocycles. The van der Waals surface area contributed by atoms with Crippen LogP contribution in [-0.2, 0) is 16.6 Å². The number of benzene rings is 1. The third-order valence-corrected chi connectivity index (χ3v) is 3.04. The minimum absolute atomic E-state index is 0.140. The molecule has 0 aliphatic heterocycles. The van der Waals surface area contributed by atoms with E-state index in [1.807, 2.05) is 12.1 Å². The smallest absolute Gasteiger partial charge is 0.309 e. The zero-order chi connectivity index (χ0) is 13.3. The first-order valence-electron chi connectivity index (χ1n) is 5.96. The van der Waals surface area contributed by atoms with Gasteiger partial charge in [-0.05, 0) is 36.8 Å². The Morgan fingerprint density at radius 1 is 1.06 bits per heavy atom. The monoisotopic (exact) mass is 234 g/mol. The van der Waals surface area contributed by atoms with Crippen LogP contribution >= 0.6 is 0 Å². The number of carboxylic acid groups (broad SMARTS) is 1. The Morgan fingerprint density at radius 2 is 1.53 bits per heavy atom. The molecule has 0 aliphatic carbocycles. The van der Waals surface area contributed by atoms with Crippen molar-refractivity contribution in [3.63, 3.8) is 0 Å². The Morgan fingerprint density at radius 3 is 1.88 bits per heavy atom. The summed E-state index contributed by atoms with van der Waals surface area (Å²) in [6.07, 6.45) is 0.562. The third-order valence-electron chi connectivity index (χ3n) is 3.04. The van der Waals surface area contributed by atoms with Gasteiger partial charge in [-0.25, -0.2) is 0 Å². The van der Waals surface area contributed by atoms with E-state index >= 15 is 0 Å². The summed E-state index contributed by atoms with van der Waals surface area (Å²) in [6, 6.07) is 8.25. The highest BCUT2D eigenvalue weighted by Gasteiger charge is 2.27. The molecule has 1 N–H and O–H groups in total. The minimum Gasteiger partial charge on any atom is -0.481 e. The summed E-state index contributed by atoms with van der Waals surface area (Å²) >= 11 is 0. The number of aliphatic carboxylic acids is 1. The van der Waals surface area contributed by atoms with Crippen molar-refractivity contribution in [3.8, 4) is 0 Å². The van der Waals surface area contributed by atoms with Gasteiger partial charge in [-0.2, -0.15) is 0 Å². The van der Waals surface area contributed by atoms with Gasteiger partial charge in [-0.1, -0.05) is 45.0 Å². The Labute approximate surface area is 104 Å². The molecule has 1 aromatic rings. The number of hydrogen-bond donors (Lipinski definition) is 1. The molecule has 0 amide bonds. The standard InChI is InChI=1S/C15H22O2/c1-14(2,3)12-8-6-11(7-9-12)10-15(4,5)13(16)17/h6-9H,10H2,1-5H3,(H,16,17). The van der Waals surface area contributed by atoms with Gasteiger partial charge in [0.15, 0.2) is 0 Å². The van der Waals surface area contributed by atoms with Crippen LogP contribution in [0.1, 0.15) is 45.7 Å². The van der Waals surface area contributed by atoms with Crippen LogP contribution in [0.5, 0.6) is 0 Å². The van der Waals surface area contributed by atoms with Crippen LogP contribution in [0.3, 0.4) is 0 Å². The molecule has 1 rings (SSSR count). The predicted molar refractivity (Wildman–Crippen MR) is 70.3 cm³/mol. The highest BCUT2D eigenvalue weighted by atomic mass is 16.4. The van der Waals surface area contributed by atoms with Gasteiger partial charge in [0.05, 0.1) is 5.41 Å². The van der Waals surface area contributed by atoms with Crippen molar-refractivity contribution in [3.05, 3.63) is 35.4 Å². The number of carbonyl (C=O) groups is 1. The lowest BCUT2D eigenvalue weighted by molar-refractivity contribution is -0.146. The van der Waals surface area contributed by atoms with Gasteiger partial charge in [0.25, 0.3) is 0 Å². The van der Waals surface area contributed by atoms with Crippen molar-refractivity contribution < 1.29 is 9.90 Å². The first kappa shape index (κ1) is 13.8. The van der Waals surface area contributed by atoms with Gasteiger partial charge in [-0.3, -0.25) is 4.79 Å². The molecule has 0 fully saturated rings. The zero-order valence-electron chi connectivity index (χ0n) is 11.4. The van der Waals surface area contributed by atoms with Crippen LogP contribution in [0, 0.1) is 5.41 Å². The van der Waals surface area contributed by atoms with Crippen molar-refractivity contribution in [2.75, 3.05) is 0 Å². The normalized spacial score (nSPS) is 12.5. The fourth-order valence-corrected chi connectivity index (χ4v) is 1.71. The largest absolute Gasteiger partial charge is 0.481 e. The minimum atomic E-state index is -0.752. The van der Waals surface area contributed by atoms with Crippen molar-refractivity contribution in [2.24, 2.45) is 5.41 Å². The lowest BCUT2D eigenvalue weighted by Crippen LogP contribution is -2.26. The number of hydrogen-bond acceptors (Lipinski definition) is 1. The maximum Gasteiger partial charge on any atom is 0.309 e. The summed E-state index contributed by atoms with van der Waals surface area (Å²) < 4.78 is 0. The van der Waals surface area contributed by atoms with E-state index in [1.165, 1.54) is 5.56 Å². The lowest BCUT2D eigenvalue weighted by atomic mass is 9.83. The molecule has 1 aromatic carbocycles. The molecule has 0 aromatic heterocycles. The SMILES string of the molecule is CC(C)(Cc1ccc(C(C)(C)C)cc1)C(=O)O. The molecule has 0 spiro atoms. The Hall–Kier alpha value is -1.31. The second-order valence-corrected chi connectivity index (χ2v) is 6.31. The number of carboxylic acids is 1. The van der Waals surface area contributed by atoms with E-state index in [9.17, 15) is 4.79 Å². The molecule has 0 unspecified atom stereocenters. The lowest BCUT2D eigenvalue weighted by Gasteiger charge is -2.21. The number of rotatable bonds is 3. The highest BCUT2D eigenvalue weighted by molar-refractivity contribution is 5.74. The van der Waals surface area contributed by atoms with E-state index in [4.69, 9.17) is 5.11 Å². The summed E-state index contributed by atoms with van der Waals surface area (Å²) in [5, 5.41) is 9.09. The zero-order valence-corrected chi connectivity index (χ0v) is 11.4. The van der Waals surface area contributed by atoms with Gasteiger partial charge in [0, 0.05) is 0 Å². The van der Waals surface area contributed by atoms with Gasteiger partial charge >= 0.3 is 5.97 Å². The summed E-state index contributed by atoms with van der Waals surface area (Å²) in [5.74, 6) is -0.752. The second kappa shape index (κ2) is 4.52. The van der Waals surface area contributed by atoms with Crippen LogP contribution in [0.4, 0.5) is 0 Å².